The van der Waals surface area contributed by atoms with Gasteiger partial charge in [0.1, 0.15) is 6.04 Å². The minimum Gasteiger partial charge on any atom is -0.466 e. The van der Waals surface area contributed by atoms with E-state index in [-0.39, 0.29) is 31.4 Å². The summed E-state index contributed by atoms with van der Waals surface area (Å²) in [5.41, 5.74) is 1.04. The van der Waals surface area contributed by atoms with Crippen LogP contribution in [0.4, 0.5) is 5.69 Å². The van der Waals surface area contributed by atoms with E-state index in [0.29, 0.717) is 30.8 Å². The molecule has 1 aliphatic rings. The van der Waals surface area contributed by atoms with Gasteiger partial charge in [-0.25, -0.2) is 4.79 Å². The molecule has 1 fully saturated rings. The van der Waals surface area contributed by atoms with Crippen molar-refractivity contribution < 1.29 is 28.7 Å². The first-order valence-corrected chi connectivity index (χ1v) is 9.11. The largest absolute Gasteiger partial charge is 0.466 e. The number of methoxy groups -OCH3 is 1. The maximum absolute atomic E-state index is 12.6. The topological polar surface area (TPSA) is 114 Å². The molecule has 2 rings (SSSR count). The molecule has 1 aromatic rings. The summed E-state index contributed by atoms with van der Waals surface area (Å²) in [6, 6.07) is 5.59. The molecule has 9 nitrogen and oxygen atoms in total. The molecule has 0 aliphatic carbocycles. The lowest BCUT2D eigenvalue weighted by molar-refractivity contribution is -0.151. The summed E-state index contributed by atoms with van der Waals surface area (Å²) in [5, 5.41) is 5.63. The molecule has 1 aliphatic heterocycles. The molecule has 1 atom stereocenters. The Morgan fingerprint density at radius 1 is 1.25 bits per heavy atom. The fourth-order valence-corrected chi connectivity index (χ4v) is 2.77. The number of esters is 2. The number of hydrogen-bond donors (Lipinski definition) is 2. The Balaban J connectivity index is 1.95. The van der Waals surface area contributed by atoms with Gasteiger partial charge in [0, 0.05) is 18.8 Å². The number of anilines is 1. The van der Waals surface area contributed by atoms with Gasteiger partial charge in [0.05, 0.1) is 32.2 Å². The quantitative estimate of drug-likeness (QED) is 0.622. The molecule has 1 heterocycles. The van der Waals surface area contributed by atoms with E-state index in [9.17, 15) is 19.2 Å². The number of ether oxygens (including phenoxy) is 2. The highest BCUT2D eigenvalue weighted by Crippen LogP contribution is 2.13. The van der Waals surface area contributed by atoms with Crippen LogP contribution >= 0.6 is 0 Å². The summed E-state index contributed by atoms with van der Waals surface area (Å²) in [5.74, 6) is -1.62. The van der Waals surface area contributed by atoms with E-state index in [2.05, 4.69) is 15.4 Å². The molecular formula is C19H25N3O6. The standard InChI is InChI=1S/C19H25N3O6/c1-3-10-28-17(24)11-15-18(25)20-8-9-22(15)16(23)12-21-14-6-4-13(5-7-14)19(26)27-2/h4-7,15,21H,3,8-12H2,1-2H3,(H,20,25). The summed E-state index contributed by atoms with van der Waals surface area (Å²) >= 11 is 0. The summed E-state index contributed by atoms with van der Waals surface area (Å²) in [6.45, 7) is 2.76. The Morgan fingerprint density at radius 3 is 2.61 bits per heavy atom. The Labute approximate surface area is 163 Å². The number of nitrogens with zero attached hydrogens (tertiary/aromatic N) is 1. The van der Waals surface area contributed by atoms with Gasteiger partial charge in [0.25, 0.3) is 0 Å². The van der Waals surface area contributed by atoms with Crippen molar-refractivity contribution in [2.45, 2.75) is 25.8 Å². The predicted octanol–water partition coefficient (Wildman–Crippen LogP) is 0.555. The van der Waals surface area contributed by atoms with Gasteiger partial charge in [-0.3, -0.25) is 14.4 Å². The van der Waals surface area contributed by atoms with Gasteiger partial charge in [-0.2, -0.15) is 0 Å². The van der Waals surface area contributed by atoms with Crippen LogP contribution in [0.2, 0.25) is 0 Å². The smallest absolute Gasteiger partial charge is 0.337 e. The highest BCUT2D eigenvalue weighted by molar-refractivity contribution is 5.93. The number of carbonyl (C=O) groups excluding carboxylic acids is 4. The SMILES string of the molecule is CCCOC(=O)CC1C(=O)NCCN1C(=O)CNc1ccc(C(=O)OC)cc1. The monoisotopic (exact) mass is 391 g/mol. The summed E-state index contributed by atoms with van der Waals surface area (Å²) in [7, 11) is 1.30. The van der Waals surface area contributed by atoms with Crippen LogP contribution in [0.25, 0.3) is 0 Å². The van der Waals surface area contributed by atoms with Crippen molar-refractivity contribution in [1.82, 2.24) is 10.2 Å². The Bertz CT molecular complexity index is 719. The zero-order chi connectivity index (χ0) is 20.5. The number of piperazine rings is 1. The molecule has 1 unspecified atom stereocenters. The van der Waals surface area contributed by atoms with E-state index in [1.807, 2.05) is 6.92 Å². The molecule has 2 amide bonds. The van der Waals surface area contributed by atoms with Crippen LogP contribution in [-0.2, 0) is 23.9 Å². The Hall–Kier alpha value is -3.10. The molecule has 0 aromatic heterocycles. The number of benzene rings is 1. The molecule has 0 bridgehead atoms. The zero-order valence-corrected chi connectivity index (χ0v) is 16.0. The molecule has 9 heteroatoms. The van der Waals surface area contributed by atoms with Crippen LogP contribution in [0.3, 0.4) is 0 Å². The van der Waals surface area contributed by atoms with E-state index in [0.717, 1.165) is 0 Å². The first kappa shape index (κ1) is 21.2. The second kappa shape index (κ2) is 10.3. The Morgan fingerprint density at radius 2 is 1.96 bits per heavy atom. The van der Waals surface area contributed by atoms with Crippen LogP contribution in [0, 0.1) is 0 Å². The first-order chi connectivity index (χ1) is 13.5. The Kier molecular flexibility index (Phi) is 7.79. The lowest BCUT2D eigenvalue weighted by Crippen LogP contribution is -2.58. The highest BCUT2D eigenvalue weighted by Gasteiger charge is 2.34. The number of nitrogens with one attached hydrogen (secondary N) is 2. The van der Waals surface area contributed by atoms with Crippen molar-refractivity contribution in [3.63, 3.8) is 0 Å². The third-order valence-electron chi connectivity index (χ3n) is 4.23. The van der Waals surface area contributed by atoms with Crippen molar-refractivity contribution in [1.29, 1.82) is 0 Å². The van der Waals surface area contributed by atoms with Crippen molar-refractivity contribution in [2.24, 2.45) is 0 Å². The molecule has 1 saturated heterocycles. The normalized spacial score (nSPS) is 16.1. The van der Waals surface area contributed by atoms with Gasteiger partial charge in [0.15, 0.2) is 0 Å². The van der Waals surface area contributed by atoms with Crippen LogP contribution in [0.1, 0.15) is 30.1 Å². The van der Waals surface area contributed by atoms with Gasteiger partial charge < -0.3 is 25.0 Å². The van der Waals surface area contributed by atoms with E-state index in [1.165, 1.54) is 12.0 Å². The average molecular weight is 391 g/mol. The van der Waals surface area contributed by atoms with E-state index in [4.69, 9.17) is 4.74 Å². The molecule has 152 valence electrons. The van der Waals surface area contributed by atoms with Crippen molar-refractivity contribution in [2.75, 3.05) is 38.7 Å². The number of rotatable bonds is 8. The van der Waals surface area contributed by atoms with E-state index < -0.39 is 18.0 Å². The van der Waals surface area contributed by atoms with Crippen LogP contribution in [0.5, 0.6) is 0 Å². The minimum absolute atomic E-state index is 0.0502. The summed E-state index contributed by atoms with van der Waals surface area (Å²) in [6.07, 6.45) is 0.509. The molecule has 2 N–H and O–H groups in total. The fourth-order valence-electron chi connectivity index (χ4n) is 2.77. The van der Waals surface area contributed by atoms with Crippen molar-refractivity contribution >= 4 is 29.4 Å². The number of amides is 2. The lowest BCUT2D eigenvalue weighted by Gasteiger charge is -2.34. The molecule has 0 spiro atoms. The molecular weight excluding hydrogens is 366 g/mol. The van der Waals surface area contributed by atoms with Gasteiger partial charge in [-0.1, -0.05) is 6.92 Å². The van der Waals surface area contributed by atoms with Crippen LogP contribution in [0.15, 0.2) is 24.3 Å². The predicted molar refractivity (Wildman–Crippen MR) is 101 cm³/mol. The zero-order valence-electron chi connectivity index (χ0n) is 16.0. The fraction of sp³-hybridized carbons (Fsp3) is 0.474. The van der Waals surface area contributed by atoms with Gasteiger partial charge in [-0.05, 0) is 30.7 Å². The first-order valence-electron chi connectivity index (χ1n) is 9.11. The second-order valence-electron chi connectivity index (χ2n) is 6.24. The third-order valence-corrected chi connectivity index (χ3v) is 4.23. The van der Waals surface area contributed by atoms with Gasteiger partial charge >= 0.3 is 11.9 Å². The average Bonchev–Trinajstić information content (AvgIpc) is 2.71. The maximum Gasteiger partial charge on any atom is 0.337 e. The van der Waals surface area contributed by atoms with Gasteiger partial charge in [-0.15, -0.1) is 0 Å². The van der Waals surface area contributed by atoms with E-state index in [1.54, 1.807) is 24.3 Å². The minimum atomic E-state index is -0.880. The molecule has 1 aromatic carbocycles. The molecule has 0 radical (unpaired) electrons. The van der Waals surface area contributed by atoms with Crippen molar-refractivity contribution in [3.05, 3.63) is 29.8 Å². The van der Waals surface area contributed by atoms with Crippen LogP contribution < -0.4 is 10.6 Å². The number of hydrogen-bond acceptors (Lipinski definition) is 7. The highest BCUT2D eigenvalue weighted by atomic mass is 16.5. The second-order valence-corrected chi connectivity index (χ2v) is 6.24. The van der Waals surface area contributed by atoms with E-state index >= 15 is 0 Å². The van der Waals surface area contributed by atoms with Crippen molar-refractivity contribution in [3.8, 4) is 0 Å². The van der Waals surface area contributed by atoms with Gasteiger partial charge in [0.2, 0.25) is 11.8 Å². The number of carbonyl (C=O) groups is 4. The summed E-state index contributed by atoms with van der Waals surface area (Å²) < 4.78 is 9.66. The maximum atomic E-state index is 12.6. The van der Waals surface area contributed by atoms with Crippen LogP contribution in [-0.4, -0.2) is 68.0 Å². The lowest BCUT2D eigenvalue weighted by atomic mass is 10.1. The molecule has 28 heavy (non-hydrogen) atoms. The third kappa shape index (κ3) is 5.70. The molecule has 0 saturated carbocycles. The summed E-state index contributed by atoms with van der Waals surface area (Å²) in [4.78, 5) is 49.5.